The molecule has 0 aromatic carbocycles. The van der Waals surface area contributed by atoms with Crippen molar-refractivity contribution in [2.24, 2.45) is 34.5 Å². The maximum atomic E-state index is 11.2. The van der Waals surface area contributed by atoms with Crippen LogP contribution in [0.15, 0.2) is 11.6 Å². The van der Waals surface area contributed by atoms with Crippen LogP contribution in [-0.2, 0) is 9.53 Å². The monoisotopic (exact) mass is 372 g/mol. The Morgan fingerprint density at radius 3 is 2.67 bits per heavy atom. The fourth-order valence-electron chi connectivity index (χ4n) is 7.01. The zero-order valence-corrected chi connectivity index (χ0v) is 16.7. The van der Waals surface area contributed by atoms with Gasteiger partial charge in [0.2, 0.25) is 0 Å². The molecule has 4 rings (SSSR count). The van der Waals surface area contributed by atoms with Crippen molar-refractivity contribution < 1.29 is 19.7 Å². The highest BCUT2D eigenvalue weighted by molar-refractivity contribution is 5.67. The molecule has 0 heterocycles. The number of ether oxygens (including phenoxy) is 1. The Morgan fingerprint density at radius 1 is 1.15 bits per heavy atom. The lowest BCUT2D eigenvalue weighted by Gasteiger charge is -2.59. The first kappa shape index (κ1) is 19.0. The zero-order valence-electron chi connectivity index (χ0n) is 16.7. The van der Waals surface area contributed by atoms with Gasteiger partial charge in [-0.15, -0.1) is 0 Å². The molecule has 3 saturated carbocycles. The van der Waals surface area contributed by atoms with Gasteiger partial charge in [0.15, 0.2) is 0 Å². The third kappa shape index (κ3) is 2.95. The molecule has 4 aliphatic rings. The van der Waals surface area contributed by atoms with Crippen molar-refractivity contribution in [3.63, 3.8) is 0 Å². The Labute approximate surface area is 162 Å². The van der Waals surface area contributed by atoms with Crippen LogP contribution < -0.4 is 0 Å². The Kier molecular flexibility index (Phi) is 4.68. The van der Waals surface area contributed by atoms with Crippen LogP contribution in [0.5, 0.6) is 0 Å². The largest absolute Gasteiger partial charge is 0.393 e. The number of aliphatic hydroxyl groups excluding tert-OH is 2. The molecule has 0 aromatic rings. The number of rotatable bonds is 0. The van der Waals surface area contributed by atoms with Gasteiger partial charge >= 0.3 is 5.97 Å². The summed E-state index contributed by atoms with van der Waals surface area (Å²) in [6.07, 6.45) is 11.0. The van der Waals surface area contributed by atoms with E-state index >= 15 is 0 Å². The highest BCUT2D eigenvalue weighted by Gasteiger charge is 2.61. The number of carbonyl (C=O) groups excluding carboxylic acids is 1. The van der Waals surface area contributed by atoms with E-state index in [1.54, 1.807) is 0 Å². The van der Waals surface area contributed by atoms with Crippen molar-refractivity contribution in [2.45, 2.75) is 77.9 Å². The molecule has 148 valence electrons. The van der Waals surface area contributed by atoms with Gasteiger partial charge in [0, 0.05) is 12.8 Å². The third-order valence-corrected chi connectivity index (χ3v) is 8.53. The first-order valence-electron chi connectivity index (χ1n) is 10.5. The SMILES string of the molecule is CC(=O)OC#CC1CC2=CC(O)CC[C@]2(C)[C@@H]2CC[C@]3(C)C(O)CC[C@H]3[C@H]12. The summed E-state index contributed by atoms with van der Waals surface area (Å²) in [4.78, 5) is 11.2. The predicted octanol–water partition coefficient (Wildman–Crippen LogP) is 3.42. The van der Waals surface area contributed by atoms with Gasteiger partial charge in [-0.3, -0.25) is 4.79 Å². The molecule has 0 spiro atoms. The zero-order chi connectivity index (χ0) is 19.4. The van der Waals surface area contributed by atoms with Crippen LogP contribution in [0.2, 0.25) is 0 Å². The van der Waals surface area contributed by atoms with E-state index in [2.05, 4.69) is 32.0 Å². The van der Waals surface area contributed by atoms with Crippen LogP contribution in [0.25, 0.3) is 0 Å². The van der Waals surface area contributed by atoms with E-state index in [0.717, 1.165) is 44.9 Å². The van der Waals surface area contributed by atoms with Crippen molar-refractivity contribution in [1.29, 1.82) is 0 Å². The molecular formula is C23H32O4. The minimum atomic E-state index is -0.378. The average molecular weight is 373 g/mol. The van der Waals surface area contributed by atoms with Gasteiger partial charge in [0.25, 0.3) is 0 Å². The lowest BCUT2D eigenvalue weighted by atomic mass is 9.45. The molecule has 0 radical (unpaired) electrons. The molecule has 0 saturated heterocycles. The molecule has 27 heavy (non-hydrogen) atoms. The highest BCUT2D eigenvalue weighted by atomic mass is 16.5. The molecule has 4 heteroatoms. The molecule has 3 fully saturated rings. The summed E-state index contributed by atoms with van der Waals surface area (Å²) in [6, 6.07) is 0. The number of esters is 1. The van der Waals surface area contributed by atoms with Crippen LogP contribution in [0.3, 0.4) is 0 Å². The third-order valence-electron chi connectivity index (χ3n) is 8.53. The van der Waals surface area contributed by atoms with Crippen LogP contribution >= 0.6 is 0 Å². The minimum Gasteiger partial charge on any atom is -0.393 e. The van der Waals surface area contributed by atoms with Gasteiger partial charge in [-0.05, 0) is 73.5 Å². The first-order chi connectivity index (χ1) is 12.8. The summed E-state index contributed by atoms with van der Waals surface area (Å²) in [5.74, 6) is 4.41. The number of allylic oxidation sites excluding steroid dienone is 1. The van der Waals surface area contributed by atoms with Gasteiger partial charge in [-0.2, -0.15) is 0 Å². The number of fused-ring (bicyclic) bond motifs is 5. The van der Waals surface area contributed by atoms with Gasteiger partial charge in [0.1, 0.15) is 6.11 Å². The normalized spacial score (nSPS) is 48.3. The molecule has 0 amide bonds. The molecule has 0 aromatic heterocycles. The van der Waals surface area contributed by atoms with Gasteiger partial charge < -0.3 is 14.9 Å². The van der Waals surface area contributed by atoms with Crippen LogP contribution in [0, 0.1) is 46.5 Å². The van der Waals surface area contributed by atoms with Crippen LogP contribution in [-0.4, -0.2) is 28.4 Å². The van der Waals surface area contributed by atoms with Crippen molar-refractivity contribution in [3.05, 3.63) is 11.6 Å². The van der Waals surface area contributed by atoms with Crippen LogP contribution in [0.1, 0.15) is 65.7 Å². The number of carbonyl (C=O) groups is 1. The van der Waals surface area contributed by atoms with E-state index in [0.29, 0.717) is 17.8 Å². The van der Waals surface area contributed by atoms with E-state index in [1.165, 1.54) is 12.5 Å². The molecule has 4 nitrogen and oxygen atoms in total. The number of aliphatic hydroxyl groups is 2. The lowest BCUT2D eigenvalue weighted by Crippen LogP contribution is -2.54. The summed E-state index contributed by atoms with van der Waals surface area (Å²) in [5, 5.41) is 20.9. The standard InChI is InChI=1S/C23H32O4/c1-14(24)27-11-8-15-12-16-13-17(25)6-9-22(16,2)19-7-10-23(3)18(21(15)19)4-5-20(23)26/h13,15,17-21,25-26H,4-7,9-10,12H2,1-3H3/t15?,17?,18-,19+,20?,21-,22-,23-/m0/s1. The second-order valence-corrected chi connectivity index (χ2v) is 9.79. The second-order valence-electron chi connectivity index (χ2n) is 9.79. The fourth-order valence-corrected chi connectivity index (χ4v) is 7.01. The Morgan fingerprint density at radius 2 is 1.93 bits per heavy atom. The van der Waals surface area contributed by atoms with Crippen molar-refractivity contribution in [2.75, 3.05) is 0 Å². The lowest BCUT2D eigenvalue weighted by molar-refractivity contribution is -0.134. The topological polar surface area (TPSA) is 66.8 Å². The smallest absolute Gasteiger partial charge is 0.316 e. The quantitative estimate of drug-likeness (QED) is 0.388. The predicted molar refractivity (Wildman–Crippen MR) is 102 cm³/mol. The molecule has 0 bridgehead atoms. The summed E-state index contributed by atoms with van der Waals surface area (Å²) in [7, 11) is 0. The van der Waals surface area contributed by atoms with E-state index in [1.807, 2.05) is 0 Å². The highest BCUT2D eigenvalue weighted by Crippen LogP contribution is 2.66. The molecule has 2 N–H and O–H groups in total. The Bertz CT molecular complexity index is 716. The van der Waals surface area contributed by atoms with Gasteiger partial charge in [-0.1, -0.05) is 31.4 Å². The fraction of sp³-hybridized carbons (Fsp3) is 0.783. The van der Waals surface area contributed by atoms with E-state index < -0.39 is 0 Å². The molecule has 4 aliphatic carbocycles. The maximum Gasteiger partial charge on any atom is 0.316 e. The Hall–Kier alpha value is -1.31. The van der Waals surface area contributed by atoms with E-state index in [4.69, 9.17) is 4.74 Å². The maximum absolute atomic E-state index is 11.2. The van der Waals surface area contributed by atoms with Crippen molar-refractivity contribution >= 4 is 5.97 Å². The number of hydrogen-bond acceptors (Lipinski definition) is 4. The average Bonchev–Trinajstić information content (AvgIpc) is 2.91. The van der Waals surface area contributed by atoms with Crippen molar-refractivity contribution in [3.8, 4) is 12.0 Å². The first-order valence-corrected chi connectivity index (χ1v) is 10.5. The van der Waals surface area contributed by atoms with E-state index in [-0.39, 0.29) is 34.9 Å². The molecular weight excluding hydrogens is 340 g/mol. The van der Waals surface area contributed by atoms with E-state index in [9.17, 15) is 15.0 Å². The number of hydrogen-bond donors (Lipinski definition) is 2. The van der Waals surface area contributed by atoms with Gasteiger partial charge in [0.05, 0.1) is 12.2 Å². The Balaban J connectivity index is 1.73. The molecule has 0 aliphatic heterocycles. The minimum absolute atomic E-state index is 0.0196. The second kappa shape index (κ2) is 6.64. The summed E-state index contributed by atoms with van der Waals surface area (Å²) < 4.78 is 4.95. The molecule has 3 unspecified atom stereocenters. The van der Waals surface area contributed by atoms with Gasteiger partial charge in [-0.25, -0.2) is 0 Å². The molecule has 8 atom stereocenters. The summed E-state index contributed by atoms with van der Waals surface area (Å²) >= 11 is 0. The van der Waals surface area contributed by atoms with Crippen molar-refractivity contribution in [1.82, 2.24) is 0 Å². The van der Waals surface area contributed by atoms with Crippen LogP contribution in [0.4, 0.5) is 0 Å². The summed E-state index contributed by atoms with van der Waals surface area (Å²) in [6.45, 7) is 6.02. The summed E-state index contributed by atoms with van der Waals surface area (Å²) in [5.41, 5.74) is 1.44.